The van der Waals surface area contributed by atoms with Gasteiger partial charge in [-0.05, 0) is 52.9 Å². The minimum Gasteiger partial charge on any atom is -0.493 e. The van der Waals surface area contributed by atoms with Gasteiger partial charge >= 0.3 is 5.97 Å². The van der Waals surface area contributed by atoms with Crippen LogP contribution in [-0.4, -0.2) is 43.8 Å². The molecule has 0 fully saturated rings. The normalized spacial score (nSPS) is 13.0. The van der Waals surface area contributed by atoms with Crippen LogP contribution in [0.3, 0.4) is 0 Å². The molecule has 1 N–H and O–H groups in total. The Hall–Kier alpha value is -2.34. The van der Waals surface area contributed by atoms with Gasteiger partial charge in [-0.15, -0.1) is 0 Å². The topological polar surface area (TPSA) is 82.1 Å². The van der Waals surface area contributed by atoms with Crippen molar-refractivity contribution < 1.29 is 28.9 Å². The van der Waals surface area contributed by atoms with E-state index >= 15 is 0 Å². The second kappa shape index (κ2) is 89.3. The molecule has 0 aliphatic heterocycles. The number of carbonyl (C=O) groups excluding carboxylic acids is 2. The van der Waals surface area contributed by atoms with Gasteiger partial charge in [-0.1, -0.05) is 220 Å². The molecule has 0 aromatic heterocycles. The summed E-state index contributed by atoms with van der Waals surface area (Å²) in [5.74, 6) is -0.702. The zero-order chi connectivity index (χ0) is 24.3. The van der Waals surface area contributed by atoms with E-state index in [4.69, 9.17) is 19.3 Å². The van der Waals surface area contributed by atoms with Crippen LogP contribution in [0.15, 0.2) is 46.5 Å². The highest BCUT2D eigenvalue weighted by Crippen LogP contribution is 2.37. The number of ketones is 1. The molecule has 56 heavy (non-hydrogen) atoms. The molecule has 372 valence electrons. The number of aliphatic hydroxyl groups excluding tert-OH is 1. The van der Waals surface area contributed by atoms with E-state index in [0.29, 0.717) is 6.42 Å². The van der Waals surface area contributed by atoms with Crippen molar-refractivity contribution >= 4 is 11.8 Å². The lowest BCUT2D eigenvalue weighted by atomic mass is 9.77. The molecule has 0 saturated carbocycles. The van der Waals surface area contributed by atoms with Gasteiger partial charge < -0.3 is 19.3 Å². The van der Waals surface area contributed by atoms with E-state index in [2.05, 4.69) is 32.1 Å². The Morgan fingerprint density at radius 3 is 1.16 bits per heavy atom. The molecule has 0 aromatic rings. The highest BCUT2D eigenvalue weighted by Gasteiger charge is 2.44. The number of carbonyl (C=O) groups is 2. The summed E-state index contributed by atoms with van der Waals surface area (Å²) >= 11 is 0. The second-order valence-corrected chi connectivity index (χ2v) is 8.57. The van der Waals surface area contributed by atoms with E-state index < -0.39 is 12.1 Å². The first-order valence-electron chi connectivity index (χ1n) is 11.3. The average Bonchev–Trinajstić information content (AvgIpc) is 2.75. The molecule has 0 bridgehead atoms. The molecular weight excluding hydrogens is 697 g/mol. The van der Waals surface area contributed by atoms with Crippen molar-refractivity contribution in [3.05, 3.63) is 46.5 Å². The van der Waals surface area contributed by atoms with Crippen molar-refractivity contribution in [3.8, 4) is 0 Å². The molecule has 0 unspecified atom stereocenters. The largest absolute Gasteiger partial charge is 0.493 e. The van der Waals surface area contributed by atoms with Crippen LogP contribution in [0.4, 0.5) is 0 Å². The Balaban J connectivity index is -0.0000000194. The van der Waals surface area contributed by atoms with Gasteiger partial charge in [0, 0.05) is 18.8 Å². The lowest BCUT2D eigenvalue weighted by Gasteiger charge is -2.35. The molecule has 0 amide bonds. The maximum atomic E-state index is 12.8. The summed E-state index contributed by atoms with van der Waals surface area (Å²) in [6.45, 7) is 9.46. The predicted octanol–water partition coefficient (Wildman–Crippen LogP) is 20.3. The van der Waals surface area contributed by atoms with Crippen molar-refractivity contribution in [2.45, 2.75) is 251 Å². The molecule has 6 heteroatoms. The van der Waals surface area contributed by atoms with Gasteiger partial charge in [-0.3, -0.25) is 9.59 Å². The number of ether oxygens (including phenoxy) is 3. The summed E-state index contributed by atoms with van der Waals surface area (Å²) < 4.78 is 16.2. The number of allylic oxidation sites excluding steroid dienone is 6. The molecule has 1 aliphatic rings. The second-order valence-electron chi connectivity index (χ2n) is 8.57. The summed E-state index contributed by atoms with van der Waals surface area (Å²) in [6, 6.07) is 0. The van der Waals surface area contributed by atoms with Gasteiger partial charge in [-0.2, -0.15) is 0 Å². The quantitative estimate of drug-likeness (QED) is 0.156. The summed E-state index contributed by atoms with van der Waals surface area (Å²) in [5.41, 5.74) is 3.57. The van der Waals surface area contributed by atoms with Gasteiger partial charge in [0.1, 0.15) is 0 Å². The van der Waals surface area contributed by atoms with Gasteiger partial charge in [-0.25, -0.2) is 0 Å². The van der Waals surface area contributed by atoms with Gasteiger partial charge in [0.2, 0.25) is 11.5 Å². The number of Topliss-reactive ketones (excluding diaryl/α,β-unsaturated/α-hetero) is 1. The third kappa shape index (κ3) is 56.0. The molecule has 0 aromatic carbocycles. The van der Waals surface area contributed by atoms with E-state index in [1.54, 1.807) is 0 Å². The van der Waals surface area contributed by atoms with Crippen LogP contribution in [0.5, 0.6) is 0 Å². The standard InChI is InChI=1S/C26H40O6.24CH4/c1-17(11-9-13-19(3)16-27)10-8-12-18(2)14-15-22-20(4)23(29)25(30-6)26(31-7)24(22)32-21(5)28;;;;;;;;;;;;;;;;;;;;;;;;/h10,13-14,20,22,24,27H,8-9,11-12,15-16H2,1-7H3;24*1H4/b17-10+,18-14+,19-13+;;;;;;;;;;;;;;;;;;;;;;;;/t20-,22-,24-;;;;;;;;;;;;;;;;;;;;;;;;/m1......................../s1. The van der Waals surface area contributed by atoms with Crippen LogP contribution in [0.1, 0.15) is 245 Å². The van der Waals surface area contributed by atoms with Crippen molar-refractivity contribution in [3.63, 3.8) is 0 Å². The van der Waals surface area contributed by atoms with E-state index in [9.17, 15) is 9.59 Å². The van der Waals surface area contributed by atoms with E-state index in [1.165, 1.54) is 32.3 Å². The maximum Gasteiger partial charge on any atom is 0.303 e. The zero-order valence-electron chi connectivity index (χ0n) is 20.7. The number of rotatable bonds is 12. The predicted molar refractivity (Wildman–Crippen MR) is 287 cm³/mol. The molecular formula is C50H136O6. The van der Waals surface area contributed by atoms with E-state index in [1.807, 2.05) is 13.8 Å². The molecule has 6 nitrogen and oxygen atoms in total. The van der Waals surface area contributed by atoms with Crippen LogP contribution < -0.4 is 0 Å². The van der Waals surface area contributed by atoms with Crippen LogP contribution in [0.2, 0.25) is 0 Å². The highest BCUT2D eigenvalue weighted by atomic mass is 16.6. The molecule has 3 atom stereocenters. The van der Waals surface area contributed by atoms with Gasteiger partial charge in [0.05, 0.1) is 20.8 Å². The van der Waals surface area contributed by atoms with Crippen molar-refractivity contribution in [2.24, 2.45) is 11.8 Å². The minimum absolute atomic E-state index is 0. The molecule has 0 saturated heterocycles. The summed E-state index contributed by atoms with van der Waals surface area (Å²) in [4.78, 5) is 24.5. The summed E-state index contributed by atoms with van der Waals surface area (Å²) in [5, 5.41) is 9.04. The summed E-state index contributed by atoms with van der Waals surface area (Å²) in [6.07, 6.45) is 10.2. The smallest absolute Gasteiger partial charge is 0.303 e. The Kier molecular flexibility index (Phi) is 270. The monoisotopic (exact) mass is 833 g/mol. The molecule has 0 heterocycles. The fourth-order valence-electron chi connectivity index (χ4n) is 3.86. The maximum absolute atomic E-state index is 12.8. The van der Waals surface area contributed by atoms with Crippen molar-refractivity contribution in [1.29, 1.82) is 0 Å². The van der Waals surface area contributed by atoms with Crippen molar-refractivity contribution in [2.75, 3.05) is 20.8 Å². The summed E-state index contributed by atoms with van der Waals surface area (Å²) in [7, 11) is 2.88. The number of methoxy groups -OCH3 is 2. The highest BCUT2D eigenvalue weighted by molar-refractivity contribution is 5.97. The fraction of sp³-hybridized carbons (Fsp3) is 0.800. The minimum atomic E-state index is -0.651. The van der Waals surface area contributed by atoms with E-state index in [0.717, 1.165) is 31.3 Å². The Labute approximate surface area is 369 Å². The number of esters is 1. The van der Waals surface area contributed by atoms with Crippen LogP contribution in [0.25, 0.3) is 0 Å². The van der Waals surface area contributed by atoms with Gasteiger partial charge in [0.15, 0.2) is 11.9 Å². The Morgan fingerprint density at radius 2 is 0.875 bits per heavy atom. The Morgan fingerprint density at radius 1 is 0.554 bits per heavy atom. The first-order chi connectivity index (χ1) is 15.2. The third-order valence-corrected chi connectivity index (χ3v) is 5.92. The fourth-order valence-corrected chi connectivity index (χ4v) is 3.86. The van der Waals surface area contributed by atoms with Gasteiger partial charge in [0.25, 0.3) is 0 Å². The third-order valence-electron chi connectivity index (χ3n) is 5.92. The lowest BCUT2D eigenvalue weighted by molar-refractivity contribution is -0.153. The first-order valence-corrected chi connectivity index (χ1v) is 11.3. The lowest BCUT2D eigenvalue weighted by Crippen LogP contribution is -2.42. The van der Waals surface area contributed by atoms with E-state index in [-0.39, 0.29) is 214 Å². The van der Waals surface area contributed by atoms with Crippen LogP contribution in [-0.2, 0) is 23.8 Å². The van der Waals surface area contributed by atoms with Crippen LogP contribution in [0, 0.1) is 11.8 Å². The molecule has 1 aliphatic carbocycles. The van der Waals surface area contributed by atoms with Crippen molar-refractivity contribution in [1.82, 2.24) is 0 Å². The Bertz CT molecular complexity index is 776. The van der Waals surface area contributed by atoms with Crippen LogP contribution >= 0.6 is 0 Å². The SMILES string of the molecule is C.C.C.C.C.C.C.C.C.C.C.C.C.C.C.C.C.C.C.C.C.C.C.C.COC1=C(OC)[C@H](OC(C)=O)[C@H](C/C=C(\C)CC/C=C(\C)CC/C=C(\C)CO)[C@@H](C)C1=O. The average molecular weight is 834 g/mol. The molecule has 1 rings (SSSR count). The molecule has 0 radical (unpaired) electrons. The number of hydrogen-bond donors (Lipinski definition) is 1. The number of hydrogen-bond acceptors (Lipinski definition) is 6. The first kappa shape index (κ1) is 169. The number of aliphatic hydroxyl groups is 1. The zero-order valence-corrected chi connectivity index (χ0v) is 20.7. The molecule has 0 spiro atoms.